The molecule has 28 heavy (non-hydrogen) atoms. The Labute approximate surface area is 166 Å². The topological polar surface area (TPSA) is 87.6 Å². The number of nitrogens with zero attached hydrogens (tertiary/aromatic N) is 2. The lowest BCUT2D eigenvalue weighted by Gasteiger charge is -2.12. The molecule has 0 aliphatic carbocycles. The maximum Gasteiger partial charge on any atom is 0.251 e. The minimum atomic E-state index is -0.0768. The SMILES string of the molecule is CCCOc1ccc(CNC(=NC)NCCc2cccc(C(=O)NC)c2)cn1. The van der Waals surface area contributed by atoms with Crippen molar-refractivity contribution in [1.82, 2.24) is 20.9 Å². The van der Waals surface area contributed by atoms with Gasteiger partial charge in [-0.05, 0) is 36.1 Å². The summed E-state index contributed by atoms with van der Waals surface area (Å²) in [5, 5.41) is 9.19. The number of pyridine rings is 1. The normalized spacial score (nSPS) is 11.0. The number of nitrogens with one attached hydrogen (secondary N) is 3. The quantitative estimate of drug-likeness (QED) is 0.456. The van der Waals surface area contributed by atoms with Crippen LogP contribution < -0.4 is 20.7 Å². The Kier molecular flexibility index (Phi) is 8.78. The van der Waals surface area contributed by atoms with Crippen molar-refractivity contribution in [3.8, 4) is 5.88 Å². The van der Waals surface area contributed by atoms with Gasteiger partial charge in [-0.25, -0.2) is 4.98 Å². The second-order valence-corrected chi connectivity index (χ2v) is 6.24. The number of aliphatic imine (C=N–C) groups is 1. The molecule has 150 valence electrons. The molecule has 2 rings (SSSR count). The zero-order chi connectivity index (χ0) is 20.2. The molecule has 0 saturated heterocycles. The van der Waals surface area contributed by atoms with E-state index in [9.17, 15) is 4.79 Å². The van der Waals surface area contributed by atoms with Crippen molar-refractivity contribution < 1.29 is 9.53 Å². The number of carbonyl (C=O) groups excluding carboxylic acids is 1. The number of benzene rings is 1. The van der Waals surface area contributed by atoms with Gasteiger partial charge in [0.25, 0.3) is 5.91 Å². The van der Waals surface area contributed by atoms with Crippen molar-refractivity contribution >= 4 is 11.9 Å². The lowest BCUT2D eigenvalue weighted by Crippen LogP contribution is -2.37. The Bertz CT molecular complexity index is 775. The monoisotopic (exact) mass is 383 g/mol. The predicted octanol–water partition coefficient (Wildman–Crippen LogP) is 2.14. The van der Waals surface area contributed by atoms with Crippen LogP contribution in [0.2, 0.25) is 0 Å². The fourth-order valence-corrected chi connectivity index (χ4v) is 2.55. The first-order valence-corrected chi connectivity index (χ1v) is 9.49. The van der Waals surface area contributed by atoms with Crippen molar-refractivity contribution in [3.05, 3.63) is 59.3 Å². The molecule has 3 N–H and O–H groups in total. The third-order valence-corrected chi connectivity index (χ3v) is 4.06. The molecule has 0 radical (unpaired) electrons. The molecule has 1 amide bonds. The van der Waals surface area contributed by atoms with Crippen LogP contribution in [0.25, 0.3) is 0 Å². The number of ether oxygens (including phenoxy) is 1. The van der Waals surface area contributed by atoms with E-state index in [2.05, 4.69) is 32.9 Å². The van der Waals surface area contributed by atoms with Crippen molar-refractivity contribution in [2.24, 2.45) is 4.99 Å². The largest absolute Gasteiger partial charge is 0.478 e. The number of hydrogen-bond acceptors (Lipinski definition) is 4. The second-order valence-electron chi connectivity index (χ2n) is 6.24. The highest BCUT2D eigenvalue weighted by molar-refractivity contribution is 5.94. The molecule has 0 spiro atoms. The van der Waals surface area contributed by atoms with Crippen LogP contribution in [0.4, 0.5) is 0 Å². The van der Waals surface area contributed by atoms with Gasteiger partial charge >= 0.3 is 0 Å². The summed E-state index contributed by atoms with van der Waals surface area (Å²) in [7, 11) is 3.37. The summed E-state index contributed by atoms with van der Waals surface area (Å²) < 4.78 is 5.49. The van der Waals surface area contributed by atoms with Crippen LogP contribution in [0.15, 0.2) is 47.6 Å². The highest BCUT2D eigenvalue weighted by Gasteiger charge is 2.04. The summed E-state index contributed by atoms with van der Waals surface area (Å²) >= 11 is 0. The maximum absolute atomic E-state index is 11.7. The van der Waals surface area contributed by atoms with Gasteiger partial charge in [-0.3, -0.25) is 9.79 Å². The predicted molar refractivity (Wildman–Crippen MR) is 112 cm³/mol. The molecule has 1 aromatic carbocycles. The van der Waals surface area contributed by atoms with Crippen molar-refractivity contribution in [1.29, 1.82) is 0 Å². The van der Waals surface area contributed by atoms with Gasteiger partial charge in [0.05, 0.1) is 6.61 Å². The van der Waals surface area contributed by atoms with Gasteiger partial charge in [0, 0.05) is 45.0 Å². The lowest BCUT2D eigenvalue weighted by molar-refractivity contribution is 0.0963. The van der Waals surface area contributed by atoms with Gasteiger partial charge in [0.1, 0.15) is 0 Å². The number of aromatic nitrogens is 1. The number of rotatable bonds is 9. The fourth-order valence-electron chi connectivity index (χ4n) is 2.55. The molecule has 7 nitrogen and oxygen atoms in total. The van der Waals surface area contributed by atoms with Gasteiger partial charge in [-0.2, -0.15) is 0 Å². The number of guanidine groups is 1. The molecular formula is C21H29N5O2. The second kappa shape index (κ2) is 11.6. The summed E-state index contributed by atoms with van der Waals surface area (Å²) in [5.74, 6) is 1.29. The van der Waals surface area contributed by atoms with Crippen LogP contribution in [-0.4, -0.2) is 44.1 Å². The molecule has 0 fully saturated rings. The molecule has 0 bridgehead atoms. The average Bonchev–Trinajstić information content (AvgIpc) is 2.75. The van der Waals surface area contributed by atoms with Crippen molar-refractivity contribution in [2.45, 2.75) is 26.3 Å². The zero-order valence-electron chi connectivity index (χ0n) is 16.8. The first-order chi connectivity index (χ1) is 13.7. The van der Waals surface area contributed by atoms with E-state index in [-0.39, 0.29) is 5.91 Å². The molecule has 0 aliphatic heterocycles. The standard InChI is InChI=1S/C21H29N5O2/c1-4-12-28-19-9-8-17(14-25-19)15-26-21(23-3)24-11-10-16-6-5-7-18(13-16)20(27)22-2/h5-9,13-14H,4,10-12,15H2,1-3H3,(H,22,27)(H2,23,24,26). The number of hydrogen-bond donors (Lipinski definition) is 3. The third-order valence-electron chi connectivity index (χ3n) is 4.06. The Balaban J connectivity index is 1.78. The Morgan fingerprint density at radius 3 is 2.71 bits per heavy atom. The summed E-state index contributed by atoms with van der Waals surface area (Å²) in [5.41, 5.74) is 2.81. The Morgan fingerprint density at radius 1 is 1.18 bits per heavy atom. The summed E-state index contributed by atoms with van der Waals surface area (Å²) in [6, 6.07) is 11.5. The van der Waals surface area contributed by atoms with E-state index >= 15 is 0 Å². The molecule has 0 saturated carbocycles. The number of carbonyl (C=O) groups is 1. The minimum absolute atomic E-state index is 0.0768. The first-order valence-electron chi connectivity index (χ1n) is 9.49. The molecule has 0 unspecified atom stereocenters. The number of amides is 1. The van der Waals surface area contributed by atoms with Crippen LogP contribution in [0.1, 0.15) is 34.8 Å². The van der Waals surface area contributed by atoms with Crippen LogP contribution in [0.3, 0.4) is 0 Å². The van der Waals surface area contributed by atoms with E-state index in [1.54, 1.807) is 20.3 Å². The lowest BCUT2D eigenvalue weighted by atomic mass is 10.1. The van der Waals surface area contributed by atoms with Gasteiger partial charge in [0.2, 0.25) is 5.88 Å². The Hall–Kier alpha value is -3.09. The molecule has 0 atom stereocenters. The maximum atomic E-state index is 11.7. The Morgan fingerprint density at radius 2 is 2.04 bits per heavy atom. The van der Waals surface area contributed by atoms with E-state index in [1.165, 1.54) is 0 Å². The average molecular weight is 383 g/mol. The summed E-state index contributed by atoms with van der Waals surface area (Å²) in [4.78, 5) is 20.3. The molecule has 1 heterocycles. The van der Waals surface area contributed by atoms with E-state index in [1.807, 2.05) is 36.4 Å². The van der Waals surface area contributed by atoms with Gasteiger partial charge < -0.3 is 20.7 Å². The molecule has 1 aromatic heterocycles. The molecule has 0 aliphatic rings. The zero-order valence-corrected chi connectivity index (χ0v) is 16.8. The minimum Gasteiger partial charge on any atom is -0.478 e. The highest BCUT2D eigenvalue weighted by Crippen LogP contribution is 2.08. The summed E-state index contributed by atoms with van der Waals surface area (Å²) in [6.45, 7) is 4.06. The summed E-state index contributed by atoms with van der Waals surface area (Å²) in [6.07, 6.45) is 3.55. The first kappa shape index (κ1) is 21.2. The highest BCUT2D eigenvalue weighted by atomic mass is 16.5. The van der Waals surface area contributed by atoms with Crippen LogP contribution in [-0.2, 0) is 13.0 Å². The van der Waals surface area contributed by atoms with E-state index in [4.69, 9.17) is 4.74 Å². The molecular weight excluding hydrogens is 354 g/mol. The molecule has 7 heteroatoms. The van der Waals surface area contributed by atoms with Gasteiger partial charge in [-0.1, -0.05) is 25.1 Å². The van der Waals surface area contributed by atoms with Crippen LogP contribution >= 0.6 is 0 Å². The van der Waals surface area contributed by atoms with Gasteiger partial charge in [-0.15, -0.1) is 0 Å². The van der Waals surface area contributed by atoms with Crippen LogP contribution in [0.5, 0.6) is 5.88 Å². The van der Waals surface area contributed by atoms with Crippen molar-refractivity contribution in [3.63, 3.8) is 0 Å². The fraction of sp³-hybridized carbons (Fsp3) is 0.381. The van der Waals surface area contributed by atoms with E-state index in [0.717, 1.165) is 24.0 Å². The third kappa shape index (κ3) is 6.90. The van der Waals surface area contributed by atoms with E-state index in [0.29, 0.717) is 37.1 Å². The van der Waals surface area contributed by atoms with Crippen molar-refractivity contribution in [2.75, 3.05) is 27.2 Å². The van der Waals surface area contributed by atoms with E-state index < -0.39 is 0 Å². The van der Waals surface area contributed by atoms with Crippen LogP contribution in [0, 0.1) is 0 Å². The van der Waals surface area contributed by atoms with Gasteiger partial charge in [0.15, 0.2) is 5.96 Å². The molecule has 2 aromatic rings. The smallest absolute Gasteiger partial charge is 0.251 e.